The number of sulfone groups is 1. The predicted molar refractivity (Wildman–Crippen MR) is 121 cm³/mol. The van der Waals surface area contributed by atoms with E-state index in [1.54, 1.807) is 39.2 Å². The fourth-order valence-electron chi connectivity index (χ4n) is 2.58. The van der Waals surface area contributed by atoms with E-state index < -0.39 is 14.6 Å². The Hall–Kier alpha value is -1.17. The highest BCUT2D eigenvalue weighted by Gasteiger charge is 2.28. The van der Waals surface area contributed by atoms with E-state index in [-0.39, 0.29) is 36.3 Å². The van der Waals surface area contributed by atoms with E-state index in [2.05, 4.69) is 30.1 Å². The van der Waals surface area contributed by atoms with Gasteiger partial charge in [-0.25, -0.2) is 18.4 Å². The summed E-state index contributed by atoms with van der Waals surface area (Å²) >= 11 is 0. The summed E-state index contributed by atoms with van der Waals surface area (Å²) < 4.78 is 23.7. The maximum absolute atomic E-state index is 12.2. The molecule has 8 nitrogen and oxygen atoms in total. The first kappa shape index (κ1) is 23.9. The van der Waals surface area contributed by atoms with Crippen LogP contribution in [0.3, 0.4) is 0 Å². The van der Waals surface area contributed by atoms with Crippen LogP contribution in [0.1, 0.15) is 27.7 Å². The topological polar surface area (TPSA) is 90.8 Å². The van der Waals surface area contributed by atoms with E-state index in [9.17, 15) is 8.42 Å². The van der Waals surface area contributed by atoms with Gasteiger partial charge in [0.1, 0.15) is 0 Å². The van der Waals surface area contributed by atoms with Gasteiger partial charge in [-0.05, 0) is 33.8 Å². The van der Waals surface area contributed by atoms with Gasteiger partial charge in [-0.2, -0.15) is 0 Å². The summed E-state index contributed by atoms with van der Waals surface area (Å²) in [7, 11) is -3.16. The molecule has 1 aliphatic heterocycles. The lowest BCUT2D eigenvalue weighted by molar-refractivity contribution is 0.370. The maximum Gasteiger partial charge on any atom is 0.225 e. The molecule has 2 rings (SSSR count). The molecule has 2 heterocycles. The second-order valence-corrected chi connectivity index (χ2v) is 10.1. The van der Waals surface area contributed by atoms with Crippen molar-refractivity contribution in [1.29, 1.82) is 0 Å². The van der Waals surface area contributed by atoms with Crippen molar-refractivity contribution in [2.24, 2.45) is 4.99 Å². The SMILES string of the molecule is CCNC(=NCCS(=O)(=O)C(C)(C)C)N1CCN(c2ncccn2)CC1.I. The van der Waals surface area contributed by atoms with Crippen molar-refractivity contribution < 1.29 is 8.42 Å². The summed E-state index contributed by atoms with van der Waals surface area (Å²) in [5.41, 5.74) is 0. The van der Waals surface area contributed by atoms with Crippen LogP contribution in [0.5, 0.6) is 0 Å². The van der Waals surface area contributed by atoms with Gasteiger partial charge in [-0.1, -0.05) is 0 Å². The third kappa shape index (κ3) is 6.74. The van der Waals surface area contributed by atoms with Crippen molar-refractivity contribution in [3.05, 3.63) is 18.5 Å². The molecule has 154 valence electrons. The lowest BCUT2D eigenvalue weighted by Crippen LogP contribution is -2.53. The number of hydrogen-bond donors (Lipinski definition) is 1. The van der Waals surface area contributed by atoms with E-state index in [0.717, 1.165) is 44.6 Å². The number of halogens is 1. The number of aromatic nitrogens is 2. The molecular formula is C17H31IN6O2S. The number of rotatable bonds is 5. The number of guanidine groups is 1. The van der Waals surface area contributed by atoms with E-state index in [1.807, 2.05) is 6.92 Å². The second kappa shape index (κ2) is 10.4. The molecule has 10 heteroatoms. The molecule has 0 bridgehead atoms. The summed E-state index contributed by atoms with van der Waals surface area (Å²) in [5, 5.41) is 3.26. The third-order valence-electron chi connectivity index (χ3n) is 4.30. The largest absolute Gasteiger partial charge is 0.357 e. The molecule has 0 saturated carbocycles. The van der Waals surface area contributed by atoms with Crippen LogP contribution in [0, 0.1) is 0 Å². The molecule has 0 spiro atoms. The van der Waals surface area contributed by atoms with Gasteiger partial charge in [0.15, 0.2) is 15.8 Å². The Morgan fingerprint density at radius 2 is 1.78 bits per heavy atom. The highest BCUT2D eigenvalue weighted by atomic mass is 127. The Bertz CT molecular complexity index is 698. The average molecular weight is 510 g/mol. The van der Waals surface area contributed by atoms with Gasteiger partial charge in [0, 0.05) is 45.1 Å². The molecule has 0 atom stereocenters. The molecule has 0 radical (unpaired) electrons. The van der Waals surface area contributed by atoms with E-state index in [0.29, 0.717) is 0 Å². The third-order valence-corrected chi connectivity index (χ3v) is 6.89. The Morgan fingerprint density at radius 3 is 2.30 bits per heavy atom. The van der Waals surface area contributed by atoms with Crippen molar-refractivity contribution >= 4 is 45.7 Å². The zero-order valence-corrected chi connectivity index (χ0v) is 19.7. The number of anilines is 1. The Balaban J connectivity index is 0.00000364. The molecule has 1 aromatic rings. The van der Waals surface area contributed by atoms with Crippen LogP contribution < -0.4 is 10.2 Å². The van der Waals surface area contributed by atoms with Crippen LogP contribution in [0.15, 0.2) is 23.5 Å². The number of nitrogens with zero attached hydrogens (tertiary/aromatic N) is 5. The first-order valence-corrected chi connectivity index (χ1v) is 10.7. The van der Waals surface area contributed by atoms with Crippen molar-refractivity contribution in [2.75, 3.05) is 49.9 Å². The molecule has 1 aliphatic rings. The van der Waals surface area contributed by atoms with Crippen LogP contribution in [0.2, 0.25) is 0 Å². The highest BCUT2D eigenvalue weighted by molar-refractivity contribution is 14.0. The first-order chi connectivity index (χ1) is 12.2. The molecule has 0 amide bonds. The molecule has 1 N–H and O–H groups in total. The van der Waals surface area contributed by atoms with E-state index in [1.165, 1.54) is 0 Å². The summed E-state index contributed by atoms with van der Waals surface area (Å²) in [5.74, 6) is 1.57. The Kier molecular flexibility index (Phi) is 9.19. The maximum atomic E-state index is 12.2. The molecular weight excluding hydrogens is 479 g/mol. The minimum Gasteiger partial charge on any atom is -0.357 e. The zero-order valence-electron chi connectivity index (χ0n) is 16.6. The molecule has 1 aromatic heterocycles. The minimum absolute atomic E-state index is 0. The van der Waals surface area contributed by atoms with Crippen LogP contribution in [0.25, 0.3) is 0 Å². The number of piperazine rings is 1. The quantitative estimate of drug-likeness (QED) is 0.364. The van der Waals surface area contributed by atoms with Crippen LogP contribution in [-0.4, -0.2) is 79.0 Å². The number of aliphatic imine (C=N–C) groups is 1. The Morgan fingerprint density at radius 1 is 1.19 bits per heavy atom. The molecule has 0 aliphatic carbocycles. The summed E-state index contributed by atoms with van der Waals surface area (Å²) in [4.78, 5) is 17.4. The predicted octanol–water partition coefficient (Wildman–Crippen LogP) is 1.40. The summed E-state index contributed by atoms with van der Waals surface area (Å²) in [6.07, 6.45) is 3.49. The zero-order chi connectivity index (χ0) is 19.2. The van der Waals surface area contributed by atoms with Crippen LogP contribution >= 0.6 is 24.0 Å². The molecule has 27 heavy (non-hydrogen) atoms. The van der Waals surface area contributed by atoms with Crippen LogP contribution in [-0.2, 0) is 9.84 Å². The smallest absolute Gasteiger partial charge is 0.225 e. The molecule has 1 fully saturated rings. The molecule has 1 saturated heterocycles. The van der Waals surface area contributed by atoms with Gasteiger partial charge < -0.3 is 15.1 Å². The highest BCUT2D eigenvalue weighted by Crippen LogP contribution is 2.16. The lowest BCUT2D eigenvalue weighted by Gasteiger charge is -2.36. The first-order valence-electron chi connectivity index (χ1n) is 9.02. The molecule has 0 unspecified atom stereocenters. The van der Waals surface area contributed by atoms with Gasteiger partial charge in [-0.3, -0.25) is 4.99 Å². The number of hydrogen-bond acceptors (Lipinski definition) is 6. The second-order valence-electron chi connectivity index (χ2n) is 7.19. The van der Waals surface area contributed by atoms with E-state index >= 15 is 0 Å². The van der Waals surface area contributed by atoms with Gasteiger partial charge in [0.25, 0.3) is 0 Å². The number of nitrogens with one attached hydrogen (secondary N) is 1. The fourth-order valence-corrected chi connectivity index (χ4v) is 3.52. The standard InChI is InChI=1S/C17H30N6O2S.HI/c1-5-18-15(21-9-14-26(24,25)17(2,3)4)22-10-12-23(13-11-22)16-19-7-6-8-20-16;/h6-8H,5,9-14H2,1-4H3,(H,18,21);1H. The van der Waals surface area contributed by atoms with Gasteiger partial charge in [-0.15, -0.1) is 24.0 Å². The Labute approximate surface area is 179 Å². The summed E-state index contributed by atoms with van der Waals surface area (Å²) in [6.45, 7) is 11.4. The van der Waals surface area contributed by atoms with Gasteiger partial charge >= 0.3 is 0 Å². The van der Waals surface area contributed by atoms with Crippen molar-refractivity contribution in [3.8, 4) is 0 Å². The summed E-state index contributed by atoms with van der Waals surface area (Å²) in [6, 6.07) is 1.81. The van der Waals surface area contributed by atoms with Crippen molar-refractivity contribution in [1.82, 2.24) is 20.2 Å². The van der Waals surface area contributed by atoms with Crippen LogP contribution in [0.4, 0.5) is 5.95 Å². The molecule has 0 aromatic carbocycles. The van der Waals surface area contributed by atoms with E-state index in [4.69, 9.17) is 0 Å². The van der Waals surface area contributed by atoms with Gasteiger partial charge in [0.2, 0.25) is 5.95 Å². The average Bonchev–Trinajstić information content (AvgIpc) is 2.61. The minimum atomic E-state index is -3.16. The van der Waals surface area contributed by atoms with Crippen molar-refractivity contribution in [3.63, 3.8) is 0 Å². The normalized spacial score (nSPS) is 16.1. The monoisotopic (exact) mass is 510 g/mol. The lowest BCUT2D eigenvalue weighted by atomic mass is 10.3. The fraction of sp³-hybridized carbons (Fsp3) is 0.706. The van der Waals surface area contributed by atoms with Gasteiger partial charge in [0.05, 0.1) is 17.0 Å². The van der Waals surface area contributed by atoms with Crippen molar-refractivity contribution in [2.45, 2.75) is 32.4 Å².